The molecule has 0 rings (SSSR count). The third-order valence-electron chi connectivity index (χ3n) is 1.27. The van der Waals surface area contributed by atoms with Crippen LogP contribution in [0.25, 0.3) is 0 Å². The van der Waals surface area contributed by atoms with Gasteiger partial charge >= 0.3 is 0 Å². The third kappa shape index (κ3) is 4.73. The molecule has 0 aliphatic carbocycles. The summed E-state index contributed by atoms with van der Waals surface area (Å²) in [4.78, 5) is 0. The molecule has 0 spiro atoms. The van der Waals surface area contributed by atoms with Crippen molar-refractivity contribution in [1.29, 1.82) is 0 Å². The number of hydrogen-bond donors (Lipinski definition) is 3. The van der Waals surface area contributed by atoms with Gasteiger partial charge in [0.05, 0.1) is 6.61 Å². The van der Waals surface area contributed by atoms with E-state index in [0.717, 1.165) is 6.42 Å². The second-order valence-corrected chi connectivity index (χ2v) is 2.99. The second kappa shape index (κ2) is 3.91. The average molecular weight is 147 g/mol. The van der Waals surface area contributed by atoms with Gasteiger partial charge in [-0.1, -0.05) is 6.92 Å². The lowest BCUT2D eigenvalue weighted by atomic mass is 10.2. The molecule has 0 saturated carbocycles. The molecule has 0 aromatic rings. The van der Waals surface area contributed by atoms with Gasteiger partial charge in [-0.3, -0.25) is 5.32 Å². The zero-order valence-electron chi connectivity index (χ0n) is 6.89. The number of hydrogen-bond acceptors (Lipinski definition) is 3. The Balaban J connectivity index is 3.63. The minimum absolute atomic E-state index is 0.000000000000000444. The highest BCUT2D eigenvalue weighted by atomic mass is 16.3. The first kappa shape index (κ1) is 9.88. The van der Waals surface area contributed by atoms with Crippen LogP contribution in [0.3, 0.4) is 0 Å². The minimum atomic E-state index is -0.886. The molecule has 0 amide bonds. The molecular formula is C7H17NO2. The van der Waals surface area contributed by atoms with Gasteiger partial charge in [-0.2, -0.15) is 0 Å². The molecular weight excluding hydrogens is 130 g/mol. The summed E-state index contributed by atoms with van der Waals surface area (Å²) in [7, 11) is 0. The van der Waals surface area contributed by atoms with E-state index in [4.69, 9.17) is 5.11 Å². The van der Waals surface area contributed by atoms with E-state index in [2.05, 4.69) is 5.32 Å². The first-order valence-corrected chi connectivity index (χ1v) is 3.60. The maximum absolute atomic E-state index is 9.23. The van der Waals surface area contributed by atoms with Crippen LogP contribution in [0.5, 0.6) is 0 Å². The summed E-state index contributed by atoms with van der Waals surface area (Å²) >= 11 is 0. The van der Waals surface area contributed by atoms with Gasteiger partial charge in [-0.25, -0.2) is 0 Å². The van der Waals surface area contributed by atoms with E-state index in [-0.39, 0.29) is 12.6 Å². The van der Waals surface area contributed by atoms with Crippen LogP contribution in [0.1, 0.15) is 27.2 Å². The van der Waals surface area contributed by atoms with Crippen LogP contribution < -0.4 is 5.32 Å². The molecule has 0 aromatic heterocycles. The second-order valence-electron chi connectivity index (χ2n) is 2.99. The van der Waals surface area contributed by atoms with E-state index < -0.39 is 5.72 Å². The van der Waals surface area contributed by atoms with E-state index in [1.807, 2.05) is 6.92 Å². The van der Waals surface area contributed by atoms with Crippen LogP contribution in [0.2, 0.25) is 0 Å². The molecule has 0 aliphatic rings. The van der Waals surface area contributed by atoms with Crippen LogP contribution in [0.15, 0.2) is 0 Å². The first-order valence-electron chi connectivity index (χ1n) is 3.60. The van der Waals surface area contributed by atoms with Gasteiger partial charge in [-0.15, -0.1) is 0 Å². The predicted octanol–water partition coefficient (Wildman–Crippen LogP) is 0.0753. The van der Waals surface area contributed by atoms with Crippen LogP contribution in [-0.4, -0.2) is 28.6 Å². The van der Waals surface area contributed by atoms with Gasteiger partial charge in [0.25, 0.3) is 0 Å². The maximum atomic E-state index is 9.23. The molecule has 10 heavy (non-hydrogen) atoms. The summed E-state index contributed by atoms with van der Waals surface area (Å²) in [6.45, 7) is 5.34. The smallest absolute Gasteiger partial charge is 0.110 e. The Kier molecular flexibility index (Phi) is 3.86. The number of aliphatic hydroxyl groups excluding tert-OH is 1. The Morgan fingerprint density at radius 2 is 2.00 bits per heavy atom. The van der Waals surface area contributed by atoms with Gasteiger partial charge in [0, 0.05) is 6.04 Å². The summed E-state index contributed by atoms with van der Waals surface area (Å²) < 4.78 is 0. The first-order chi connectivity index (χ1) is 4.49. The van der Waals surface area contributed by atoms with Crippen LogP contribution in [0, 0.1) is 0 Å². The Morgan fingerprint density at radius 3 is 2.10 bits per heavy atom. The zero-order chi connectivity index (χ0) is 8.20. The molecule has 3 N–H and O–H groups in total. The molecule has 0 aliphatic heterocycles. The molecule has 0 aromatic carbocycles. The molecule has 0 unspecified atom stereocenters. The van der Waals surface area contributed by atoms with Crippen molar-refractivity contribution in [1.82, 2.24) is 5.32 Å². The quantitative estimate of drug-likeness (QED) is 0.493. The molecule has 3 nitrogen and oxygen atoms in total. The van der Waals surface area contributed by atoms with Crippen molar-refractivity contribution < 1.29 is 10.2 Å². The number of nitrogens with one attached hydrogen (secondary N) is 1. The predicted molar refractivity (Wildman–Crippen MR) is 40.6 cm³/mol. The molecule has 0 radical (unpaired) electrons. The molecule has 62 valence electrons. The van der Waals surface area contributed by atoms with Crippen molar-refractivity contribution in [2.45, 2.75) is 39.0 Å². The van der Waals surface area contributed by atoms with Crippen molar-refractivity contribution in [2.24, 2.45) is 0 Å². The fraction of sp³-hybridized carbons (Fsp3) is 1.00. The molecule has 0 saturated heterocycles. The van der Waals surface area contributed by atoms with Gasteiger partial charge < -0.3 is 10.2 Å². The SMILES string of the molecule is CC[C@H](CO)NC(C)(C)O. The molecule has 0 bridgehead atoms. The van der Waals surface area contributed by atoms with Gasteiger partial charge in [0.2, 0.25) is 0 Å². The largest absolute Gasteiger partial charge is 0.395 e. The van der Waals surface area contributed by atoms with Crippen molar-refractivity contribution >= 4 is 0 Å². The van der Waals surface area contributed by atoms with Gasteiger partial charge in [0.15, 0.2) is 0 Å². The monoisotopic (exact) mass is 147 g/mol. The highest BCUT2D eigenvalue weighted by molar-refractivity contribution is 4.70. The van der Waals surface area contributed by atoms with Crippen LogP contribution >= 0.6 is 0 Å². The highest BCUT2D eigenvalue weighted by Crippen LogP contribution is 1.99. The normalized spacial score (nSPS) is 15.3. The van der Waals surface area contributed by atoms with Crippen molar-refractivity contribution in [3.8, 4) is 0 Å². The highest BCUT2D eigenvalue weighted by Gasteiger charge is 2.15. The Bertz CT molecular complexity index is 84.1. The third-order valence-corrected chi connectivity index (χ3v) is 1.27. The Morgan fingerprint density at radius 1 is 1.50 bits per heavy atom. The lowest BCUT2D eigenvalue weighted by molar-refractivity contribution is 0.0212. The van der Waals surface area contributed by atoms with Crippen molar-refractivity contribution in [3.63, 3.8) is 0 Å². The van der Waals surface area contributed by atoms with Gasteiger partial charge in [-0.05, 0) is 20.3 Å². The van der Waals surface area contributed by atoms with Crippen molar-refractivity contribution in [2.75, 3.05) is 6.61 Å². The zero-order valence-corrected chi connectivity index (χ0v) is 6.89. The van der Waals surface area contributed by atoms with E-state index in [1.165, 1.54) is 0 Å². The molecule has 0 fully saturated rings. The average Bonchev–Trinajstić information content (AvgIpc) is 1.81. The number of aliphatic hydroxyl groups is 2. The molecule has 0 heterocycles. The van der Waals surface area contributed by atoms with E-state index in [1.54, 1.807) is 13.8 Å². The lowest BCUT2D eigenvalue weighted by Crippen LogP contribution is -2.47. The van der Waals surface area contributed by atoms with Gasteiger partial charge in [0.1, 0.15) is 5.72 Å². The van der Waals surface area contributed by atoms with Crippen LogP contribution in [0.4, 0.5) is 0 Å². The summed E-state index contributed by atoms with van der Waals surface area (Å²) in [5, 5.41) is 20.8. The fourth-order valence-corrected chi connectivity index (χ4v) is 0.776. The summed E-state index contributed by atoms with van der Waals surface area (Å²) in [6.07, 6.45) is 0.820. The summed E-state index contributed by atoms with van der Waals surface area (Å²) in [5.41, 5.74) is -0.886. The fourth-order valence-electron chi connectivity index (χ4n) is 0.776. The standard InChI is InChI=1S/C7H17NO2/c1-4-6(5-9)8-7(2,3)10/h6,8-10H,4-5H2,1-3H3/t6-/m1/s1. The van der Waals surface area contributed by atoms with E-state index in [0.29, 0.717) is 0 Å². The topological polar surface area (TPSA) is 52.5 Å². The molecule has 3 heteroatoms. The van der Waals surface area contributed by atoms with Crippen LogP contribution in [-0.2, 0) is 0 Å². The maximum Gasteiger partial charge on any atom is 0.110 e. The summed E-state index contributed by atoms with van der Waals surface area (Å²) in [6, 6.07) is -0.000000000000000444. The Labute approximate surface area is 62.1 Å². The van der Waals surface area contributed by atoms with E-state index >= 15 is 0 Å². The Hall–Kier alpha value is -0.120. The summed E-state index contributed by atoms with van der Waals surface area (Å²) in [5.74, 6) is 0. The van der Waals surface area contributed by atoms with Crippen molar-refractivity contribution in [3.05, 3.63) is 0 Å². The molecule has 1 atom stereocenters. The minimum Gasteiger partial charge on any atom is -0.395 e. The lowest BCUT2D eigenvalue weighted by Gasteiger charge is -2.24. The van der Waals surface area contributed by atoms with E-state index in [9.17, 15) is 5.11 Å². The number of rotatable bonds is 4.